The van der Waals surface area contributed by atoms with Gasteiger partial charge in [0.1, 0.15) is 5.75 Å². The quantitative estimate of drug-likeness (QED) is 0.830. The minimum atomic E-state index is -0.812. The zero-order valence-electron chi connectivity index (χ0n) is 9.37. The van der Waals surface area contributed by atoms with Crippen LogP contribution in [0.25, 0.3) is 0 Å². The summed E-state index contributed by atoms with van der Waals surface area (Å²) in [6.07, 6.45) is -0.429. The maximum absolute atomic E-state index is 11.4. The van der Waals surface area contributed by atoms with E-state index < -0.39 is 12.2 Å². The van der Waals surface area contributed by atoms with Crippen LogP contribution in [-0.2, 0) is 4.74 Å². The number of aromatic hydroxyl groups is 1. The Hall–Kier alpha value is -1.75. The van der Waals surface area contributed by atoms with Gasteiger partial charge in [-0.25, -0.2) is 4.79 Å². The van der Waals surface area contributed by atoms with Crippen molar-refractivity contribution in [2.75, 3.05) is 19.7 Å². The number of aliphatic hydroxyl groups excluding tert-OH is 1. The molecule has 2 rings (SSSR count). The van der Waals surface area contributed by atoms with Gasteiger partial charge in [-0.1, -0.05) is 12.1 Å². The molecule has 1 aromatic carbocycles. The summed E-state index contributed by atoms with van der Waals surface area (Å²) in [5.74, 6) is 0.0998. The van der Waals surface area contributed by atoms with Crippen LogP contribution in [0.3, 0.4) is 0 Å². The van der Waals surface area contributed by atoms with Crippen molar-refractivity contribution >= 4 is 6.09 Å². The summed E-state index contributed by atoms with van der Waals surface area (Å²) in [5, 5.41) is 19.3. The molecule has 0 aliphatic carbocycles. The molecule has 1 amide bonds. The summed E-state index contributed by atoms with van der Waals surface area (Å²) in [6, 6.07) is 6.38. The number of cyclic esters (lactones) is 1. The Morgan fingerprint density at radius 3 is 3.00 bits per heavy atom. The highest BCUT2D eigenvalue weighted by molar-refractivity contribution is 5.68. The van der Waals surface area contributed by atoms with E-state index in [0.29, 0.717) is 18.7 Å². The first-order chi connectivity index (χ1) is 8.16. The Kier molecular flexibility index (Phi) is 3.49. The highest BCUT2D eigenvalue weighted by Gasteiger charge is 2.22. The van der Waals surface area contributed by atoms with Crippen LogP contribution >= 0.6 is 0 Å². The summed E-state index contributed by atoms with van der Waals surface area (Å²) in [5.41, 5.74) is 0.586. The van der Waals surface area contributed by atoms with Gasteiger partial charge >= 0.3 is 6.09 Å². The lowest BCUT2D eigenvalue weighted by molar-refractivity contribution is 0.0475. The predicted molar refractivity (Wildman–Crippen MR) is 60.6 cm³/mol. The number of nitrogens with zero attached hydrogens (tertiary/aromatic N) is 1. The van der Waals surface area contributed by atoms with Crippen LogP contribution in [0.5, 0.6) is 5.75 Å². The van der Waals surface area contributed by atoms with Crippen LogP contribution in [0.4, 0.5) is 4.79 Å². The smallest absolute Gasteiger partial charge is 0.409 e. The summed E-state index contributed by atoms with van der Waals surface area (Å²) in [6.45, 7) is 1.22. The van der Waals surface area contributed by atoms with Crippen molar-refractivity contribution < 1.29 is 19.7 Å². The molecule has 1 aliphatic heterocycles. The molecule has 1 fully saturated rings. The molecule has 1 saturated heterocycles. The van der Waals surface area contributed by atoms with E-state index in [4.69, 9.17) is 4.74 Å². The third-order valence-electron chi connectivity index (χ3n) is 2.70. The third-order valence-corrected chi connectivity index (χ3v) is 2.70. The molecule has 1 aromatic rings. The van der Waals surface area contributed by atoms with Gasteiger partial charge < -0.3 is 19.8 Å². The molecule has 0 radical (unpaired) electrons. The first kappa shape index (κ1) is 11.7. The Morgan fingerprint density at radius 2 is 2.29 bits per heavy atom. The highest BCUT2D eigenvalue weighted by atomic mass is 16.6. The van der Waals surface area contributed by atoms with Gasteiger partial charge in [-0.05, 0) is 24.1 Å². The number of aliphatic hydroxyl groups is 1. The SMILES string of the molecule is O=C1OCCCN1CC(O)c1cccc(O)c1. The number of rotatable bonds is 3. The first-order valence-electron chi connectivity index (χ1n) is 5.55. The van der Waals surface area contributed by atoms with Crippen LogP contribution in [0.15, 0.2) is 24.3 Å². The number of hydrogen-bond acceptors (Lipinski definition) is 4. The summed E-state index contributed by atoms with van der Waals surface area (Å²) >= 11 is 0. The van der Waals surface area contributed by atoms with E-state index in [2.05, 4.69) is 0 Å². The van der Waals surface area contributed by atoms with Crippen LogP contribution in [-0.4, -0.2) is 40.9 Å². The van der Waals surface area contributed by atoms with Gasteiger partial charge in [0.05, 0.1) is 19.3 Å². The number of β-amino-alcohol motifs (C(OH)–C–C–N with tert-alkyl or cyclic N) is 1. The van der Waals surface area contributed by atoms with Gasteiger partial charge in [0, 0.05) is 6.54 Å². The number of ether oxygens (including phenoxy) is 1. The molecule has 1 heterocycles. The van der Waals surface area contributed by atoms with Gasteiger partial charge in [-0.15, -0.1) is 0 Å². The standard InChI is InChI=1S/C12H15NO4/c14-10-4-1-3-9(7-10)11(15)8-13-5-2-6-17-12(13)16/h1,3-4,7,11,14-15H,2,5-6,8H2. The van der Waals surface area contributed by atoms with Crippen LogP contribution < -0.4 is 0 Å². The predicted octanol–water partition coefficient (Wildman–Crippen LogP) is 1.27. The Labute approximate surface area is 99.2 Å². The summed E-state index contributed by atoms with van der Waals surface area (Å²) in [4.78, 5) is 12.8. The maximum Gasteiger partial charge on any atom is 0.409 e. The Morgan fingerprint density at radius 1 is 1.47 bits per heavy atom. The van der Waals surface area contributed by atoms with Crippen LogP contribution in [0.1, 0.15) is 18.1 Å². The molecule has 1 unspecified atom stereocenters. The number of hydrogen-bond donors (Lipinski definition) is 2. The fourth-order valence-electron chi connectivity index (χ4n) is 1.81. The molecule has 0 aromatic heterocycles. The molecule has 5 nitrogen and oxygen atoms in total. The lowest BCUT2D eigenvalue weighted by Crippen LogP contribution is -2.40. The lowest BCUT2D eigenvalue weighted by Gasteiger charge is -2.28. The minimum absolute atomic E-state index is 0.0998. The van der Waals surface area contributed by atoms with Gasteiger partial charge in [0.2, 0.25) is 0 Å². The molecular formula is C12H15NO4. The van der Waals surface area contributed by atoms with Crippen molar-refractivity contribution in [2.45, 2.75) is 12.5 Å². The van der Waals surface area contributed by atoms with E-state index in [-0.39, 0.29) is 12.3 Å². The second-order valence-corrected chi connectivity index (χ2v) is 4.02. The normalized spacial score (nSPS) is 17.7. The molecule has 2 N–H and O–H groups in total. The van der Waals surface area contributed by atoms with E-state index in [1.165, 1.54) is 17.0 Å². The molecule has 0 spiro atoms. The van der Waals surface area contributed by atoms with Crippen molar-refractivity contribution in [1.29, 1.82) is 0 Å². The zero-order valence-corrected chi connectivity index (χ0v) is 9.37. The lowest BCUT2D eigenvalue weighted by atomic mass is 10.1. The van der Waals surface area contributed by atoms with Crippen LogP contribution in [0, 0.1) is 0 Å². The fraction of sp³-hybridized carbons (Fsp3) is 0.417. The van der Waals surface area contributed by atoms with Gasteiger partial charge in [-0.3, -0.25) is 0 Å². The number of carbonyl (C=O) groups is 1. The van der Waals surface area contributed by atoms with Crippen molar-refractivity contribution in [3.05, 3.63) is 29.8 Å². The van der Waals surface area contributed by atoms with Crippen molar-refractivity contribution in [3.8, 4) is 5.75 Å². The van der Waals surface area contributed by atoms with E-state index >= 15 is 0 Å². The van der Waals surface area contributed by atoms with E-state index in [9.17, 15) is 15.0 Å². The third kappa shape index (κ3) is 2.88. The average molecular weight is 237 g/mol. The van der Waals surface area contributed by atoms with Crippen LogP contribution in [0.2, 0.25) is 0 Å². The highest BCUT2D eigenvalue weighted by Crippen LogP contribution is 2.20. The fourth-order valence-corrected chi connectivity index (χ4v) is 1.81. The van der Waals surface area contributed by atoms with Crippen molar-refractivity contribution in [2.24, 2.45) is 0 Å². The molecule has 5 heteroatoms. The number of amides is 1. The topological polar surface area (TPSA) is 70.0 Å². The molecule has 0 bridgehead atoms. The number of benzene rings is 1. The zero-order chi connectivity index (χ0) is 12.3. The number of carbonyl (C=O) groups excluding carboxylic acids is 1. The molecule has 0 saturated carbocycles. The van der Waals surface area contributed by atoms with Crippen molar-refractivity contribution in [3.63, 3.8) is 0 Å². The molecule has 17 heavy (non-hydrogen) atoms. The minimum Gasteiger partial charge on any atom is -0.508 e. The van der Waals surface area contributed by atoms with Gasteiger partial charge in [0.15, 0.2) is 0 Å². The number of phenols is 1. The van der Waals surface area contributed by atoms with E-state index in [1.807, 2.05) is 0 Å². The maximum atomic E-state index is 11.4. The molecular weight excluding hydrogens is 222 g/mol. The van der Waals surface area contributed by atoms with Gasteiger partial charge in [-0.2, -0.15) is 0 Å². The van der Waals surface area contributed by atoms with E-state index in [1.54, 1.807) is 12.1 Å². The summed E-state index contributed by atoms with van der Waals surface area (Å²) in [7, 11) is 0. The van der Waals surface area contributed by atoms with E-state index in [0.717, 1.165) is 6.42 Å². The number of phenolic OH excluding ortho intramolecular Hbond substituents is 1. The first-order valence-corrected chi connectivity index (χ1v) is 5.55. The second kappa shape index (κ2) is 5.05. The largest absolute Gasteiger partial charge is 0.508 e. The Balaban J connectivity index is 2.00. The molecule has 1 atom stereocenters. The summed E-state index contributed by atoms with van der Waals surface area (Å²) < 4.78 is 4.88. The monoisotopic (exact) mass is 237 g/mol. The Bertz CT molecular complexity index is 407. The average Bonchev–Trinajstić information content (AvgIpc) is 2.32. The van der Waals surface area contributed by atoms with Crippen molar-refractivity contribution in [1.82, 2.24) is 4.90 Å². The second-order valence-electron chi connectivity index (χ2n) is 4.02. The van der Waals surface area contributed by atoms with Gasteiger partial charge in [0.25, 0.3) is 0 Å². The molecule has 92 valence electrons. The molecule has 1 aliphatic rings.